The standard InChI is InChI=1S/C12H8F3IN4O/c13-12(14,15)21-9-3-1-8(2-4-9)19-6-5-10-17-18-11(16)20(10)7-19/h1-6H,7H2. The number of anilines is 1. The molecule has 0 N–H and O–H groups in total. The molecule has 1 aromatic carbocycles. The van der Waals surface area contributed by atoms with Gasteiger partial charge in [-0.05, 0) is 30.3 Å². The van der Waals surface area contributed by atoms with Crippen molar-refractivity contribution in [3.05, 3.63) is 40.1 Å². The number of ether oxygens (including phenoxy) is 1. The summed E-state index contributed by atoms with van der Waals surface area (Å²) in [5.74, 6) is 0.500. The Labute approximate surface area is 131 Å². The predicted molar refractivity (Wildman–Crippen MR) is 77.4 cm³/mol. The number of benzene rings is 1. The van der Waals surface area contributed by atoms with Crippen molar-refractivity contribution in [3.63, 3.8) is 0 Å². The van der Waals surface area contributed by atoms with Crippen LogP contribution in [0.5, 0.6) is 5.75 Å². The lowest BCUT2D eigenvalue weighted by molar-refractivity contribution is -0.274. The highest BCUT2D eigenvalue weighted by Gasteiger charge is 2.31. The minimum absolute atomic E-state index is 0.244. The molecule has 0 saturated carbocycles. The average molecular weight is 408 g/mol. The van der Waals surface area contributed by atoms with Crippen molar-refractivity contribution in [3.8, 4) is 5.75 Å². The number of hydrogen-bond donors (Lipinski definition) is 0. The number of hydrogen-bond acceptors (Lipinski definition) is 4. The maximum absolute atomic E-state index is 12.1. The summed E-state index contributed by atoms with van der Waals surface area (Å²) in [6.07, 6.45) is -1.08. The van der Waals surface area contributed by atoms with Gasteiger partial charge in [0.1, 0.15) is 12.4 Å². The van der Waals surface area contributed by atoms with Crippen LogP contribution in [-0.4, -0.2) is 21.1 Å². The summed E-state index contributed by atoms with van der Waals surface area (Å²) in [6.45, 7) is 0.497. The van der Waals surface area contributed by atoms with Crippen molar-refractivity contribution >= 4 is 34.4 Å². The molecule has 5 nitrogen and oxygen atoms in total. The van der Waals surface area contributed by atoms with E-state index in [-0.39, 0.29) is 5.75 Å². The summed E-state index contributed by atoms with van der Waals surface area (Å²) in [6, 6.07) is 5.69. The molecule has 0 saturated heterocycles. The zero-order valence-corrected chi connectivity index (χ0v) is 12.5. The van der Waals surface area contributed by atoms with Gasteiger partial charge in [0.15, 0.2) is 9.66 Å². The highest BCUT2D eigenvalue weighted by molar-refractivity contribution is 14.1. The zero-order valence-electron chi connectivity index (χ0n) is 10.4. The summed E-state index contributed by atoms with van der Waals surface area (Å²) in [4.78, 5) is 1.87. The van der Waals surface area contributed by atoms with Crippen LogP contribution in [0.1, 0.15) is 5.82 Å². The average Bonchev–Trinajstić information content (AvgIpc) is 2.79. The van der Waals surface area contributed by atoms with Gasteiger partial charge in [0.25, 0.3) is 0 Å². The van der Waals surface area contributed by atoms with Gasteiger partial charge in [-0.25, -0.2) is 0 Å². The molecule has 0 bridgehead atoms. The molecular formula is C12H8F3IN4O. The summed E-state index contributed by atoms with van der Waals surface area (Å²) in [5.41, 5.74) is 0.746. The van der Waals surface area contributed by atoms with Crippen molar-refractivity contribution in [1.82, 2.24) is 14.8 Å². The first-order valence-corrected chi connectivity index (χ1v) is 6.89. The molecule has 1 aliphatic rings. The second-order valence-corrected chi connectivity index (χ2v) is 5.19. The fourth-order valence-corrected chi connectivity index (χ4v) is 2.42. The fraction of sp³-hybridized carbons (Fsp3) is 0.167. The van der Waals surface area contributed by atoms with Crippen LogP contribution in [0.4, 0.5) is 18.9 Å². The third-order valence-corrected chi connectivity index (χ3v) is 3.63. The van der Waals surface area contributed by atoms with E-state index in [4.69, 9.17) is 0 Å². The van der Waals surface area contributed by atoms with Gasteiger partial charge in [-0.15, -0.1) is 23.4 Å². The zero-order chi connectivity index (χ0) is 15.0. The van der Waals surface area contributed by atoms with E-state index in [0.717, 1.165) is 15.3 Å². The number of aromatic nitrogens is 3. The van der Waals surface area contributed by atoms with Crippen molar-refractivity contribution in [2.75, 3.05) is 4.90 Å². The van der Waals surface area contributed by atoms with E-state index in [1.165, 1.54) is 12.1 Å². The van der Waals surface area contributed by atoms with Gasteiger partial charge in [0, 0.05) is 34.5 Å². The molecule has 0 unspecified atom stereocenters. The highest BCUT2D eigenvalue weighted by Crippen LogP contribution is 2.27. The number of alkyl halides is 3. The van der Waals surface area contributed by atoms with Gasteiger partial charge < -0.3 is 9.64 Å². The first-order chi connectivity index (χ1) is 9.92. The van der Waals surface area contributed by atoms with Crippen molar-refractivity contribution in [2.24, 2.45) is 0 Å². The topological polar surface area (TPSA) is 43.2 Å². The van der Waals surface area contributed by atoms with Gasteiger partial charge in [-0.1, -0.05) is 0 Å². The maximum Gasteiger partial charge on any atom is 0.573 e. The van der Waals surface area contributed by atoms with E-state index >= 15 is 0 Å². The summed E-state index contributed by atoms with van der Waals surface area (Å²) in [5, 5.41) is 7.94. The first-order valence-electron chi connectivity index (χ1n) is 5.82. The van der Waals surface area contributed by atoms with E-state index in [1.54, 1.807) is 24.4 Å². The molecule has 0 radical (unpaired) electrons. The molecule has 0 spiro atoms. The number of rotatable bonds is 2. The van der Waals surface area contributed by atoms with E-state index < -0.39 is 6.36 Å². The monoisotopic (exact) mass is 408 g/mol. The summed E-state index contributed by atoms with van der Waals surface area (Å²) < 4.78 is 42.8. The minimum Gasteiger partial charge on any atom is -0.406 e. The lowest BCUT2D eigenvalue weighted by Crippen LogP contribution is -2.25. The van der Waals surface area contributed by atoms with Crippen molar-refractivity contribution < 1.29 is 17.9 Å². The molecule has 21 heavy (non-hydrogen) atoms. The third-order valence-electron chi connectivity index (χ3n) is 2.83. The molecule has 0 atom stereocenters. The van der Waals surface area contributed by atoms with Gasteiger partial charge in [0.05, 0.1) is 0 Å². The number of halogens is 4. The Morgan fingerprint density at radius 2 is 1.86 bits per heavy atom. The van der Waals surface area contributed by atoms with Crippen LogP contribution in [0.2, 0.25) is 0 Å². The van der Waals surface area contributed by atoms with Gasteiger partial charge >= 0.3 is 6.36 Å². The molecule has 110 valence electrons. The molecule has 0 amide bonds. The molecule has 2 aromatic rings. The Bertz CT molecular complexity index is 681. The fourth-order valence-electron chi connectivity index (χ4n) is 1.91. The van der Waals surface area contributed by atoms with E-state index in [0.29, 0.717) is 6.67 Å². The quantitative estimate of drug-likeness (QED) is 0.716. The molecule has 0 fully saturated rings. The van der Waals surface area contributed by atoms with Gasteiger partial charge in [-0.2, -0.15) is 0 Å². The largest absolute Gasteiger partial charge is 0.573 e. The van der Waals surface area contributed by atoms with Crippen LogP contribution in [0.3, 0.4) is 0 Å². The SMILES string of the molecule is FC(F)(F)Oc1ccc(N2C=Cc3nnc(I)n3C2)cc1. The maximum atomic E-state index is 12.1. The van der Waals surface area contributed by atoms with E-state index in [2.05, 4.69) is 37.5 Å². The summed E-state index contributed by atoms with van der Waals surface area (Å²) >= 11 is 2.07. The third kappa shape index (κ3) is 3.12. The second kappa shape index (κ2) is 5.20. The van der Waals surface area contributed by atoms with Crippen LogP contribution in [-0.2, 0) is 6.67 Å². The van der Waals surface area contributed by atoms with Crippen LogP contribution < -0.4 is 9.64 Å². The van der Waals surface area contributed by atoms with E-state index in [1.807, 2.05) is 9.47 Å². The van der Waals surface area contributed by atoms with Crippen molar-refractivity contribution in [2.45, 2.75) is 13.0 Å². The Morgan fingerprint density at radius 1 is 1.14 bits per heavy atom. The molecular weight excluding hydrogens is 400 g/mol. The number of nitrogens with zero attached hydrogens (tertiary/aromatic N) is 4. The molecule has 2 heterocycles. The molecule has 9 heteroatoms. The minimum atomic E-state index is -4.68. The van der Waals surface area contributed by atoms with E-state index in [9.17, 15) is 13.2 Å². The number of fused-ring (bicyclic) bond motifs is 1. The normalized spacial score (nSPS) is 14.2. The Morgan fingerprint density at radius 3 is 2.52 bits per heavy atom. The highest BCUT2D eigenvalue weighted by atomic mass is 127. The lowest BCUT2D eigenvalue weighted by Gasteiger charge is -2.25. The Kier molecular flexibility index (Phi) is 3.51. The Hall–Kier alpha value is -1.78. The Balaban J connectivity index is 1.78. The van der Waals surface area contributed by atoms with Crippen LogP contribution in [0.25, 0.3) is 6.08 Å². The summed E-state index contributed by atoms with van der Waals surface area (Å²) in [7, 11) is 0. The lowest BCUT2D eigenvalue weighted by atomic mass is 10.2. The van der Waals surface area contributed by atoms with Crippen LogP contribution in [0.15, 0.2) is 30.5 Å². The molecule has 1 aromatic heterocycles. The predicted octanol–water partition coefficient (Wildman–Crippen LogP) is 3.23. The molecule has 0 aliphatic carbocycles. The molecule has 3 rings (SSSR count). The van der Waals surface area contributed by atoms with Crippen LogP contribution >= 0.6 is 22.6 Å². The van der Waals surface area contributed by atoms with Gasteiger partial charge in [0.2, 0.25) is 0 Å². The van der Waals surface area contributed by atoms with Crippen molar-refractivity contribution in [1.29, 1.82) is 0 Å². The van der Waals surface area contributed by atoms with Crippen LogP contribution in [0, 0.1) is 3.83 Å². The second-order valence-electron chi connectivity index (χ2n) is 4.22. The molecule has 1 aliphatic heterocycles. The first kappa shape index (κ1) is 14.2. The van der Waals surface area contributed by atoms with Gasteiger partial charge in [-0.3, -0.25) is 4.57 Å². The smallest absolute Gasteiger partial charge is 0.406 e.